The predicted octanol–water partition coefficient (Wildman–Crippen LogP) is 1.99. The number of esters is 1. The van der Waals surface area contributed by atoms with Gasteiger partial charge < -0.3 is 9.30 Å². The van der Waals surface area contributed by atoms with Gasteiger partial charge in [-0.25, -0.2) is 9.78 Å². The number of carbonyl (C=O) groups excluding carboxylic acids is 2. The van der Waals surface area contributed by atoms with E-state index in [1.54, 1.807) is 6.92 Å². The molecule has 0 N–H and O–H groups in total. The lowest BCUT2D eigenvalue weighted by Gasteiger charge is -2.15. The van der Waals surface area contributed by atoms with E-state index in [2.05, 4.69) is 9.72 Å². The lowest BCUT2D eigenvalue weighted by Crippen LogP contribution is -2.22. The van der Waals surface area contributed by atoms with E-state index >= 15 is 0 Å². The Morgan fingerprint density at radius 3 is 2.55 bits per heavy atom. The molecule has 1 atom stereocenters. The first kappa shape index (κ1) is 13.9. The summed E-state index contributed by atoms with van der Waals surface area (Å²) in [6, 6.07) is 8.87. The van der Waals surface area contributed by atoms with Gasteiger partial charge in [-0.2, -0.15) is 4.39 Å². The van der Waals surface area contributed by atoms with Crippen molar-refractivity contribution < 1.29 is 18.7 Å². The minimum absolute atomic E-state index is 0.336. The van der Waals surface area contributed by atoms with E-state index < -0.39 is 23.4 Å². The number of aromatic nitrogens is 2. The van der Waals surface area contributed by atoms with Crippen molar-refractivity contribution in [2.45, 2.75) is 13.0 Å². The molecule has 104 valence electrons. The Balaban J connectivity index is 2.44. The predicted molar refractivity (Wildman–Crippen MR) is 68.8 cm³/mol. The molecule has 0 unspecified atom stereocenters. The van der Waals surface area contributed by atoms with Gasteiger partial charge in [-0.05, 0) is 12.5 Å². The van der Waals surface area contributed by atoms with Gasteiger partial charge in [-0.1, -0.05) is 30.3 Å². The largest absolute Gasteiger partial charge is 0.463 e. The summed E-state index contributed by atoms with van der Waals surface area (Å²) in [5.41, 5.74) is 0.469. The van der Waals surface area contributed by atoms with Gasteiger partial charge in [0.2, 0.25) is 5.95 Å². The van der Waals surface area contributed by atoms with E-state index in [-0.39, 0.29) is 6.04 Å². The molecule has 0 spiro atoms. The number of halogens is 1. The number of benzene rings is 1. The topological polar surface area (TPSA) is 61.2 Å². The first-order valence-electron chi connectivity index (χ1n) is 5.96. The molecule has 0 bridgehead atoms. The fraction of sp³-hybridized carbons (Fsp3) is 0.214. The summed E-state index contributed by atoms with van der Waals surface area (Å²) in [6.07, 6.45) is 1.20. The van der Waals surface area contributed by atoms with Crippen LogP contribution in [0.5, 0.6) is 0 Å². The highest BCUT2D eigenvalue weighted by Crippen LogP contribution is 2.21. The molecule has 1 aromatic carbocycles. The number of hydrogen-bond acceptors (Lipinski definition) is 4. The molecule has 2 rings (SSSR count). The van der Waals surface area contributed by atoms with Crippen LogP contribution in [0.15, 0.2) is 36.7 Å². The molecule has 5 nitrogen and oxygen atoms in total. The third kappa shape index (κ3) is 2.45. The Labute approximate surface area is 115 Å². The average Bonchev–Trinajstić information content (AvgIpc) is 2.87. The minimum atomic E-state index is -1.12. The van der Waals surface area contributed by atoms with Crippen LogP contribution in [0.25, 0.3) is 0 Å². The molecular formula is C14H13FN2O3. The molecule has 0 radical (unpaired) electrons. The summed E-state index contributed by atoms with van der Waals surface area (Å²) in [5, 5.41) is 0. The number of ether oxygens (including phenoxy) is 1. The van der Waals surface area contributed by atoms with Crippen molar-refractivity contribution in [2.24, 2.45) is 0 Å². The van der Waals surface area contributed by atoms with E-state index in [1.165, 1.54) is 10.9 Å². The number of ketones is 1. The summed E-state index contributed by atoms with van der Waals surface area (Å²) in [5.74, 6) is -3.15. The second kappa shape index (κ2) is 5.64. The van der Waals surface area contributed by atoms with Crippen LogP contribution in [-0.4, -0.2) is 28.4 Å². The van der Waals surface area contributed by atoms with Crippen molar-refractivity contribution in [1.82, 2.24) is 9.55 Å². The summed E-state index contributed by atoms with van der Waals surface area (Å²) < 4.78 is 19.3. The van der Waals surface area contributed by atoms with Crippen molar-refractivity contribution in [3.05, 3.63) is 53.9 Å². The molecule has 6 heteroatoms. The smallest absolute Gasteiger partial charge is 0.381 e. The molecule has 0 aliphatic carbocycles. The van der Waals surface area contributed by atoms with Crippen LogP contribution in [0.4, 0.5) is 4.39 Å². The van der Waals surface area contributed by atoms with E-state index in [1.807, 2.05) is 30.3 Å². The number of hydrogen-bond donors (Lipinski definition) is 0. The van der Waals surface area contributed by atoms with E-state index in [0.29, 0.717) is 0 Å². The van der Waals surface area contributed by atoms with Crippen LogP contribution in [0.3, 0.4) is 0 Å². The van der Waals surface area contributed by atoms with Crippen molar-refractivity contribution >= 4 is 11.8 Å². The van der Waals surface area contributed by atoms with Gasteiger partial charge in [0.15, 0.2) is 5.69 Å². The van der Waals surface area contributed by atoms with Crippen LogP contribution < -0.4 is 0 Å². The quantitative estimate of drug-likeness (QED) is 0.487. The molecule has 0 saturated heterocycles. The Morgan fingerprint density at radius 2 is 1.95 bits per heavy atom. The number of rotatable bonds is 4. The van der Waals surface area contributed by atoms with Crippen LogP contribution in [0.1, 0.15) is 29.0 Å². The SMILES string of the molecule is COC(=O)C(=O)c1c(F)ncn1[C@H](C)c1ccccc1. The maximum Gasteiger partial charge on any atom is 0.381 e. The van der Waals surface area contributed by atoms with Gasteiger partial charge in [0.05, 0.1) is 19.5 Å². The number of imidazole rings is 1. The molecule has 0 aliphatic heterocycles. The Bertz CT molecular complexity index is 637. The standard InChI is InChI=1S/C14H13FN2O3/c1-9(10-6-4-3-5-7-10)17-8-16-13(15)11(17)12(18)14(19)20-2/h3-9H,1-2H3/t9-/m1/s1. The Hall–Kier alpha value is -2.50. The highest BCUT2D eigenvalue weighted by Gasteiger charge is 2.28. The molecule has 2 aromatic rings. The normalized spacial score (nSPS) is 11.9. The number of Topliss-reactive ketones (excluding diaryl/α,β-unsaturated/α-hetero) is 1. The second-order valence-electron chi connectivity index (χ2n) is 4.20. The minimum Gasteiger partial charge on any atom is -0.463 e. The zero-order valence-electron chi connectivity index (χ0n) is 11.0. The zero-order valence-corrected chi connectivity index (χ0v) is 11.0. The Kier molecular flexibility index (Phi) is 3.93. The monoisotopic (exact) mass is 276 g/mol. The number of methoxy groups -OCH3 is 1. The van der Waals surface area contributed by atoms with Gasteiger partial charge in [-0.3, -0.25) is 4.79 Å². The molecular weight excluding hydrogens is 263 g/mol. The number of carbonyl (C=O) groups is 2. The molecule has 20 heavy (non-hydrogen) atoms. The molecule has 0 aliphatic rings. The maximum absolute atomic E-state index is 13.7. The Morgan fingerprint density at radius 1 is 1.30 bits per heavy atom. The van der Waals surface area contributed by atoms with Gasteiger partial charge in [-0.15, -0.1) is 0 Å². The summed E-state index contributed by atoms with van der Waals surface area (Å²) in [4.78, 5) is 26.6. The van der Waals surface area contributed by atoms with Crippen LogP contribution in [0, 0.1) is 5.95 Å². The third-order valence-corrected chi connectivity index (χ3v) is 3.03. The van der Waals surface area contributed by atoms with Crippen LogP contribution >= 0.6 is 0 Å². The lowest BCUT2D eigenvalue weighted by atomic mass is 10.1. The summed E-state index contributed by atoms with van der Waals surface area (Å²) in [7, 11) is 1.07. The fourth-order valence-corrected chi connectivity index (χ4v) is 1.92. The van der Waals surface area contributed by atoms with Gasteiger partial charge in [0.25, 0.3) is 5.78 Å². The van der Waals surface area contributed by atoms with E-state index in [0.717, 1.165) is 12.7 Å². The van der Waals surface area contributed by atoms with Gasteiger partial charge >= 0.3 is 5.97 Å². The van der Waals surface area contributed by atoms with E-state index in [9.17, 15) is 14.0 Å². The van der Waals surface area contributed by atoms with Crippen LogP contribution in [-0.2, 0) is 9.53 Å². The average molecular weight is 276 g/mol. The second-order valence-corrected chi connectivity index (χ2v) is 4.20. The fourth-order valence-electron chi connectivity index (χ4n) is 1.92. The van der Waals surface area contributed by atoms with E-state index in [4.69, 9.17) is 0 Å². The number of nitrogens with zero attached hydrogens (tertiary/aromatic N) is 2. The van der Waals surface area contributed by atoms with Crippen molar-refractivity contribution in [2.75, 3.05) is 7.11 Å². The maximum atomic E-state index is 13.7. The zero-order chi connectivity index (χ0) is 14.7. The summed E-state index contributed by atoms with van der Waals surface area (Å²) in [6.45, 7) is 1.78. The highest BCUT2D eigenvalue weighted by atomic mass is 19.1. The first-order chi connectivity index (χ1) is 9.56. The highest BCUT2D eigenvalue weighted by molar-refractivity contribution is 6.40. The first-order valence-corrected chi connectivity index (χ1v) is 5.96. The van der Waals surface area contributed by atoms with Crippen LogP contribution in [0.2, 0.25) is 0 Å². The summed E-state index contributed by atoms with van der Waals surface area (Å²) >= 11 is 0. The van der Waals surface area contributed by atoms with Crippen molar-refractivity contribution in [3.63, 3.8) is 0 Å². The van der Waals surface area contributed by atoms with Gasteiger partial charge in [0.1, 0.15) is 0 Å². The van der Waals surface area contributed by atoms with Gasteiger partial charge in [0, 0.05) is 0 Å². The molecule has 0 fully saturated rings. The molecule has 0 saturated carbocycles. The van der Waals surface area contributed by atoms with Crippen molar-refractivity contribution in [3.8, 4) is 0 Å². The lowest BCUT2D eigenvalue weighted by molar-refractivity contribution is -0.135. The molecule has 1 aromatic heterocycles. The molecule has 0 amide bonds. The van der Waals surface area contributed by atoms with Crippen molar-refractivity contribution in [1.29, 1.82) is 0 Å². The molecule has 1 heterocycles. The third-order valence-electron chi connectivity index (χ3n) is 3.03.